The van der Waals surface area contributed by atoms with E-state index in [-0.39, 0.29) is 6.07 Å². The number of carbonyl (C=O) groups excluding carboxylic acids is 1. The fourth-order valence-corrected chi connectivity index (χ4v) is 2.05. The Bertz CT molecular complexity index is 829. The molecule has 2 rings (SSSR count). The molecule has 0 spiro atoms. The van der Waals surface area contributed by atoms with E-state index in [2.05, 4.69) is 0 Å². The van der Waals surface area contributed by atoms with Gasteiger partial charge in [-0.05, 0) is 24.3 Å². The van der Waals surface area contributed by atoms with Crippen molar-refractivity contribution in [2.45, 2.75) is 12.4 Å². The number of nitro benzene ring substituents is 1. The van der Waals surface area contributed by atoms with Crippen LogP contribution in [0.15, 0.2) is 42.5 Å². The van der Waals surface area contributed by atoms with Gasteiger partial charge in [0.25, 0.3) is 11.6 Å². The molecule has 0 saturated carbocycles. The Labute approximate surface area is 141 Å². The summed E-state index contributed by atoms with van der Waals surface area (Å²) in [5.74, 6) is -1.22. The van der Waals surface area contributed by atoms with Crippen LogP contribution in [0.25, 0.3) is 0 Å². The Balaban J connectivity index is 2.46. The lowest BCUT2D eigenvalue weighted by atomic mass is 10.1. The van der Waals surface area contributed by atoms with Gasteiger partial charge >= 0.3 is 12.4 Å². The van der Waals surface area contributed by atoms with Gasteiger partial charge in [0.2, 0.25) is 0 Å². The molecule has 0 radical (unpaired) electrons. The minimum atomic E-state index is -5.08. The van der Waals surface area contributed by atoms with Crippen molar-refractivity contribution in [1.29, 1.82) is 0 Å². The van der Waals surface area contributed by atoms with Crippen LogP contribution in [0.1, 0.15) is 21.5 Å². The van der Waals surface area contributed by atoms with Crippen LogP contribution in [0, 0.1) is 10.1 Å². The van der Waals surface area contributed by atoms with Gasteiger partial charge in [-0.25, -0.2) is 0 Å². The molecule has 0 bridgehead atoms. The second-order valence-corrected chi connectivity index (χ2v) is 5.02. The van der Waals surface area contributed by atoms with E-state index in [0.717, 1.165) is 12.1 Å². The molecule has 0 saturated heterocycles. The topological polar surface area (TPSA) is 72.2 Å². The lowest BCUT2D eigenvalue weighted by Gasteiger charge is -2.14. The third kappa shape index (κ3) is 4.29. The maximum absolute atomic E-state index is 12.8. The van der Waals surface area contributed by atoms with Crippen molar-refractivity contribution in [3.8, 4) is 0 Å². The molecule has 0 aliphatic carbocycles. The molecule has 0 fully saturated rings. The molecule has 0 aliphatic rings. The summed E-state index contributed by atoms with van der Waals surface area (Å²) in [5.41, 5.74) is -5.19. The monoisotopic (exact) mass is 378 g/mol. The zero-order valence-corrected chi connectivity index (χ0v) is 12.5. The van der Waals surface area contributed by atoms with Gasteiger partial charge in [-0.15, -0.1) is 0 Å². The highest BCUT2D eigenvalue weighted by Crippen LogP contribution is 2.37. The molecule has 1 N–H and O–H groups in total. The summed E-state index contributed by atoms with van der Waals surface area (Å²) in [6, 6.07) is 5.02. The molecule has 11 heteroatoms. The van der Waals surface area contributed by atoms with Gasteiger partial charge in [-0.1, -0.05) is 12.1 Å². The minimum absolute atomic E-state index is 0.0966. The van der Waals surface area contributed by atoms with Crippen molar-refractivity contribution >= 4 is 17.3 Å². The Kier molecular flexibility index (Phi) is 4.92. The number of amides is 1. The first-order chi connectivity index (χ1) is 11.9. The lowest BCUT2D eigenvalue weighted by Crippen LogP contribution is -2.16. The fourth-order valence-electron chi connectivity index (χ4n) is 2.05. The predicted octanol–water partition coefficient (Wildman–Crippen LogP) is 4.88. The smallest absolute Gasteiger partial charge is 0.322 e. The van der Waals surface area contributed by atoms with E-state index in [0.29, 0.717) is 12.1 Å². The number of benzene rings is 2. The van der Waals surface area contributed by atoms with Crippen LogP contribution in [-0.4, -0.2) is 10.8 Å². The van der Waals surface area contributed by atoms with E-state index >= 15 is 0 Å². The third-order valence-electron chi connectivity index (χ3n) is 3.19. The maximum atomic E-state index is 12.8. The van der Waals surface area contributed by atoms with Gasteiger partial charge in [-0.3, -0.25) is 14.9 Å². The molecule has 5 nitrogen and oxygen atoms in total. The standard InChI is InChI=1S/C15H8F6N2O3/c16-14(17,18)8-5-9(15(19,20)21)7-10(6-8)22-13(24)11-3-1-2-4-12(11)23(25)26/h1-7H,(H,22,24). The molecule has 2 aromatic rings. The number of rotatable bonds is 3. The molecule has 26 heavy (non-hydrogen) atoms. The number of hydrogen-bond donors (Lipinski definition) is 1. The zero-order chi connectivity index (χ0) is 19.7. The van der Waals surface area contributed by atoms with Crippen LogP contribution in [0.2, 0.25) is 0 Å². The van der Waals surface area contributed by atoms with Crippen molar-refractivity contribution in [3.63, 3.8) is 0 Å². The van der Waals surface area contributed by atoms with Crippen molar-refractivity contribution in [1.82, 2.24) is 0 Å². The van der Waals surface area contributed by atoms with E-state index in [1.165, 1.54) is 12.1 Å². The number of para-hydroxylation sites is 1. The molecule has 0 heterocycles. The first kappa shape index (κ1) is 19.2. The summed E-state index contributed by atoms with van der Waals surface area (Å²) in [6.45, 7) is 0. The van der Waals surface area contributed by atoms with Crippen molar-refractivity contribution in [2.24, 2.45) is 0 Å². The Morgan fingerprint density at radius 2 is 1.42 bits per heavy atom. The number of hydrogen-bond acceptors (Lipinski definition) is 3. The van der Waals surface area contributed by atoms with E-state index in [9.17, 15) is 41.3 Å². The lowest BCUT2D eigenvalue weighted by molar-refractivity contribution is -0.385. The summed E-state index contributed by atoms with van der Waals surface area (Å²) in [6.07, 6.45) is -10.2. The van der Waals surface area contributed by atoms with Crippen LogP contribution in [0.3, 0.4) is 0 Å². The Morgan fingerprint density at radius 3 is 1.88 bits per heavy atom. The largest absolute Gasteiger partial charge is 0.416 e. The molecule has 0 aromatic heterocycles. The van der Waals surface area contributed by atoms with Gasteiger partial charge in [0.1, 0.15) is 5.56 Å². The molecule has 0 aliphatic heterocycles. The first-order valence-corrected chi connectivity index (χ1v) is 6.74. The van der Waals surface area contributed by atoms with Crippen molar-refractivity contribution in [3.05, 3.63) is 69.3 Å². The second-order valence-electron chi connectivity index (χ2n) is 5.02. The summed E-state index contributed by atoms with van der Waals surface area (Å²) in [7, 11) is 0. The molecule has 0 unspecified atom stereocenters. The van der Waals surface area contributed by atoms with Gasteiger partial charge in [0.15, 0.2) is 0 Å². The number of anilines is 1. The number of nitro groups is 1. The number of carbonyl (C=O) groups is 1. The van der Waals surface area contributed by atoms with Crippen LogP contribution in [0.4, 0.5) is 37.7 Å². The van der Waals surface area contributed by atoms with Crippen molar-refractivity contribution in [2.75, 3.05) is 5.32 Å². The third-order valence-corrected chi connectivity index (χ3v) is 3.19. The predicted molar refractivity (Wildman–Crippen MR) is 77.5 cm³/mol. The molecule has 2 aromatic carbocycles. The van der Waals surface area contributed by atoms with Crippen LogP contribution in [-0.2, 0) is 12.4 Å². The minimum Gasteiger partial charge on any atom is -0.322 e. The molecular weight excluding hydrogens is 370 g/mol. The van der Waals surface area contributed by atoms with E-state index in [1.807, 2.05) is 5.32 Å². The van der Waals surface area contributed by atoms with Crippen LogP contribution in [0.5, 0.6) is 0 Å². The Hall–Kier alpha value is -3.11. The fraction of sp³-hybridized carbons (Fsp3) is 0.133. The summed E-state index contributed by atoms with van der Waals surface area (Å²) >= 11 is 0. The summed E-state index contributed by atoms with van der Waals surface area (Å²) in [4.78, 5) is 22.1. The average Bonchev–Trinajstić information content (AvgIpc) is 2.52. The van der Waals surface area contributed by atoms with E-state index in [4.69, 9.17) is 0 Å². The molecule has 1 amide bonds. The number of alkyl halides is 6. The molecule has 0 atom stereocenters. The summed E-state index contributed by atoms with van der Waals surface area (Å²) < 4.78 is 76.8. The van der Waals surface area contributed by atoms with Gasteiger partial charge < -0.3 is 5.32 Å². The van der Waals surface area contributed by atoms with Gasteiger partial charge in [0.05, 0.1) is 16.1 Å². The quantitative estimate of drug-likeness (QED) is 0.470. The van der Waals surface area contributed by atoms with Gasteiger partial charge in [0, 0.05) is 11.8 Å². The maximum Gasteiger partial charge on any atom is 0.416 e. The van der Waals surface area contributed by atoms with Crippen molar-refractivity contribution < 1.29 is 36.1 Å². The summed E-state index contributed by atoms with van der Waals surface area (Å²) in [5, 5.41) is 12.7. The van der Waals surface area contributed by atoms with E-state index in [1.54, 1.807) is 0 Å². The SMILES string of the molecule is O=C(Nc1cc(C(F)(F)F)cc(C(F)(F)F)c1)c1ccccc1[N+](=O)[O-]. The number of nitrogens with one attached hydrogen (secondary N) is 1. The first-order valence-electron chi connectivity index (χ1n) is 6.74. The highest BCUT2D eigenvalue weighted by atomic mass is 19.4. The molecular formula is C15H8F6N2O3. The zero-order valence-electron chi connectivity index (χ0n) is 12.5. The van der Waals surface area contributed by atoms with Gasteiger partial charge in [-0.2, -0.15) is 26.3 Å². The van der Waals surface area contributed by atoms with E-state index < -0.39 is 51.2 Å². The highest BCUT2D eigenvalue weighted by molar-refractivity contribution is 6.07. The number of nitrogens with zero attached hydrogens (tertiary/aromatic N) is 1. The van der Waals surface area contributed by atoms with Crippen LogP contribution < -0.4 is 5.32 Å². The van der Waals surface area contributed by atoms with Crippen LogP contribution >= 0.6 is 0 Å². The average molecular weight is 378 g/mol. The molecule has 138 valence electrons. The Morgan fingerprint density at radius 1 is 0.923 bits per heavy atom. The second kappa shape index (κ2) is 6.65. The normalized spacial score (nSPS) is 11.9. The number of halogens is 6. The highest BCUT2D eigenvalue weighted by Gasteiger charge is 2.37.